The predicted molar refractivity (Wildman–Crippen MR) is 53.1 cm³/mol. The van der Waals surface area contributed by atoms with Crippen LogP contribution in [0.4, 0.5) is 0 Å². The van der Waals surface area contributed by atoms with Crippen molar-refractivity contribution in [2.75, 3.05) is 0 Å². The number of aliphatic hydroxyl groups excluding tert-OH is 2. The van der Waals surface area contributed by atoms with Gasteiger partial charge in [-0.15, -0.1) is 0 Å². The molecule has 0 heterocycles. The van der Waals surface area contributed by atoms with Gasteiger partial charge in [0, 0.05) is 0 Å². The summed E-state index contributed by atoms with van der Waals surface area (Å²) >= 11 is 0. The largest absolute Gasteiger partial charge is 0.393 e. The van der Waals surface area contributed by atoms with E-state index in [-0.39, 0.29) is 12.2 Å². The lowest BCUT2D eigenvalue weighted by atomic mass is 10.1. The molecule has 76 valence electrons. The Balaban J connectivity index is 0. The topological polar surface area (TPSA) is 40.5 Å². The van der Waals surface area contributed by atoms with Gasteiger partial charge >= 0.3 is 0 Å². The summed E-state index contributed by atoms with van der Waals surface area (Å²) < 4.78 is 0. The molecule has 0 radical (unpaired) electrons. The molecule has 2 unspecified atom stereocenters. The van der Waals surface area contributed by atoms with E-state index in [0.29, 0.717) is 5.92 Å². The Morgan fingerprint density at radius 1 is 1.00 bits per heavy atom. The molecule has 0 rings (SSSR count). The Bertz CT molecular complexity index is 71.9. The SMILES string of the molecule is CC(C)C(C)O.CCCC(C)O. The van der Waals surface area contributed by atoms with Crippen LogP contribution in [-0.2, 0) is 0 Å². The lowest BCUT2D eigenvalue weighted by Gasteiger charge is -2.04. The quantitative estimate of drug-likeness (QED) is 0.692. The molecule has 0 bridgehead atoms. The molecule has 2 nitrogen and oxygen atoms in total. The standard InChI is InChI=1S/2C5H12O/c1-4(2)5(3)6;1-3-4-5(2)6/h4-6H,1-3H3;5-6H,3-4H2,1-2H3. The summed E-state index contributed by atoms with van der Waals surface area (Å²) in [6, 6.07) is 0. The van der Waals surface area contributed by atoms with E-state index in [9.17, 15) is 0 Å². The number of rotatable bonds is 3. The van der Waals surface area contributed by atoms with Gasteiger partial charge in [0.25, 0.3) is 0 Å². The molecule has 0 aliphatic carbocycles. The maximum Gasteiger partial charge on any atom is 0.0535 e. The molecule has 2 atom stereocenters. The fourth-order valence-corrected chi connectivity index (χ4v) is 0.418. The lowest BCUT2D eigenvalue weighted by molar-refractivity contribution is 0.144. The van der Waals surface area contributed by atoms with Crippen LogP contribution in [0.1, 0.15) is 47.5 Å². The second-order valence-corrected chi connectivity index (χ2v) is 3.62. The first-order valence-electron chi connectivity index (χ1n) is 4.77. The van der Waals surface area contributed by atoms with E-state index in [2.05, 4.69) is 6.92 Å². The molecule has 2 N–H and O–H groups in total. The van der Waals surface area contributed by atoms with Crippen LogP contribution in [0.2, 0.25) is 0 Å². The molecule has 0 aromatic heterocycles. The number of aliphatic hydroxyl groups is 2. The van der Waals surface area contributed by atoms with E-state index in [1.807, 2.05) is 20.8 Å². The van der Waals surface area contributed by atoms with Gasteiger partial charge in [-0.25, -0.2) is 0 Å². The van der Waals surface area contributed by atoms with Crippen LogP contribution in [0.15, 0.2) is 0 Å². The summed E-state index contributed by atoms with van der Waals surface area (Å²) in [5.74, 6) is 0.407. The molecule has 0 amide bonds. The molecule has 0 saturated heterocycles. The van der Waals surface area contributed by atoms with Crippen molar-refractivity contribution >= 4 is 0 Å². The second kappa shape index (κ2) is 9.01. The molecule has 0 fully saturated rings. The van der Waals surface area contributed by atoms with Gasteiger partial charge < -0.3 is 10.2 Å². The van der Waals surface area contributed by atoms with Crippen LogP contribution >= 0.6 is 0 Å². The van der Waals surface area contributed by atoms with E-state index in [1.165, 1.54) is 0 Å². The van der Waals surface area contributed by atoms with Crippen molar-refractivity contribution in [1.82, 2.24) is 0 Å². The van der Waals surface area contributed by atoms with Crippen molar-refractivity contribution in [3.8, 4) is 0 Å². The van der Waals surface area contributed by atoms with Crippen LogP contribution < -0.4 is 0 Å². The first-order valence-corrected chi connectivity index (χ1v) is 4.77. The van der Waals surface area contributed by atoms with E-state index in [4.69, 9.17) is 10.2 Å². The Morgan fingerprint density at radius 2 is 1.33 bits per heavy atom. The summed E-state index contributed by atoms with van der Waals surface area (Å²) in [6.45, 7) is 9.65. The zero-order valence-corrected chi connectivity index (χ0v) is 9.04. The molecule has 0 spiro atoms. The van der Waals surface area contributed by atoms with Gasteiger partial charge in [-0.3, -0.25) is 0 Å². The smallest absolute Gasteiger partial charge is 0.0535 e. The van der Waals surface area contributed by atoms with Gasteiger partial charge in [0.1, 0.15) is 0 Å². The van der Waals surface area contributed by atoms with Gasteiger partial charge in [-0.2, -0.15) is 0 Å². The van der Waals surface area contributed by atoms with Crippen LogP contribution in [0.5, 0.6) is 0 Å². The summed E-state index contributed by atoms with van der Waals surface area (Å²) in [6.07, 6.45) is 1.76. The summed E-state index contributed by atoms with van der Waals surface area (Å²) in [7, 11) is 0. The molecule has 0 aliphatic rings. The average molecular weight is 176 g/mol. The maximum absolute atomic E-state index is 8.63. The van der Waals surface area contributed by atoms with Crippen molar-refractivity contribution in [3.05, 3.63) is 0 Å². The van der Waals surface area contributed by atoms with Gasteiger partial charge in [0.2, 0.25) is 0 Å². The van der Waals surface area contributed by atoms with Crippen molar-refractivity contribution < 1.29 is 10.2 Å². The Hall–Kier alpha value is -0.0800. The van der Waals surface area contributed by atoms with E-state index in [0.717, 1.165) is 12.8 Å². The number of hydrogen-bond donors (Lipinski definition) is 2. The minimum atomic E-state index is -0.148. The third kappa shape index (κ3) is 16.5. The summed E-state index contributed by atoms with van der Waals surface area (Å²) in [4.78, 5) is 0. The van der Waals surface area contributed by atoms with Crippen molar-refractivity contribution in [3.63, 3.8) is 0 Å². The monoisotopic (exact) mass is 176 g/mol. The van der Waals surface area contributed by atoms with Crippen LogP contribution in [0.3, 0.4) is 0 Å². The fourth-order valence-electron chi connectivity index (χ4n) is 0.418. The third-order valence-corrected chi connectivity index (χ3v) is 1.67. The highest BCUT2D eigenvalue weighted by atomic mass is 16.3. The van der Waals surface area contributed by atoms with Crippen molar-refractivity contribution in [1.29, 1.82) is 0 Å². The van der Waals surface area contributed by atoms with Crippen molar-refractivity contribution in [2.45, 2.75) is 59.7 Å². The molecule has 0 aromatic rings. The Morgan fingerprint density at radius 3 is 1.33 bits per heavy atom. The summed E-state index contributed by atoms with van der Waals surface area (Å²) in [5, 5.41) is 17.2. The van der Waals surface area contributed by atoms with E-state index < -0.39 is 0 Å². The minimum absolute atomic E-state index is 0.102. The first-order chi connectivity index (χ1) is 5.41. The highest BCUT2D eigenvalue weighted by molar-refractivity contribution is 4.48. The van der Waals surface area contributed by atoms with Crippen molar-refractivity contribution in [2.24, 2.45) is 5.92 Å². The average Bonchev–Trinajstić information content (AvgIpc) is 1.87. The molecular formula is C10H24O2. The first kappa shape index (κ1) is 14.4. The normalized spacial score (nSPS) is 15.0. The molecule has 0 aromatic carbocycles. The Kier molecular flexibility index (Phi) is 10.8. The summed E-state index contributed by atoms with van der Waals surface area (Å²) in [5.41, 5.74) is 0. The highest BCUT2D eigenvalue weighted by Gasteiger charge is 1.97. The lowest BCUT2D eigenvalue weighted by Crippen LogP contribution is -2.07. The Labute approximate surface area is 76.6 Å². The maximum atomic E-state index is 8.63. The predicted octanol–water partition coefficient (Wildman–Crippen LogP) is 2.19. The van der Waals surface area contributed by atoms with E-state index in [1.54, 1.807) is 6.92 Å². The van der Waals surface area contributed by atoms with Crippen LogP contribution in [-0.4, -0.2) is 22.4 Å². The van der Waals surface area contributed by atoms with Gasteiger partial charge in [-0.05, 0) is 26.2 Å². The van der Waals surface area contributed by atoms with Gasteiger partial charge in [0.05, 0.1) is 12.2 Å². The third-order valence-electron chi connectivity index (χ3n) is 1.67. The zero-order valence-electron chi connectivity index (χ0n) is 9.04. The minimum Gasteiger partial charge on any atom is -0.393 e. The molecule has 2 heteroatoms. The molecule has 12 heavy (non-hydrogen) atoms. The highest BCUT2D eigenvalue weighted by Crippen LogP contribution is 1.96. The number of hydrogen-bond acceptors (Lipinski definition) is 2. The molecule has 0 aliphatic heterocycles. The van der Waals surface area contributed by atoms with Crippen LogP contribution in [0, 0.1) is 5.92 Å². The zero-order chi connectivity index (χ0) is 10.1. The second-order valence-electron chi connectivity index (χ2n) is 3.62. The van der Waals surface area contributed by atoms with E-state index >= 15 is 0 Å². The molecule has 0 saturated carbocycles. The van der Waals surface area contributed by atoms with Gasteiger partial charge in [-0.1, -0.05) is 27.2 Å². The van der Waals surface area contributed by atoms with Crippen LogP contribution in [0.25, 0.3) is 0 Å². The molecular weight excluding hydrogens is 152 g/mol. The fraction of sp³-hybridized carbons (Fsp3) is 1.00. The van der Waals surface area contributed by atoms with Gasteiger partial charge in [0.15, 0.2) is 0 Å².